The molecule has 0 aromatic carbocycles. The van der Waals surface area contributed by atoms with E-state index >= 15 is 0 Å². The number of hydrogen-bond donors (Lipinski definition) is 2. The standard InChI is InChI=1S/C20H30N2O3S/c1-2-13-25-19(23)17-15-11-7-4-8-12-16(15)26-18(17)22-20(24)21-14-9-5-3-6-10-14/h14H,2-13H2,1H3,(H2,21,22,24). The van der Waals surface area contributed by atoms with Gasteiger partial charge in [0.05, 0.1) is 12.2 Å². The number of carbonyl (C=O) groups is 2. The number of aryl methyl sites for hydroxylation is 1. The number of amides is 2. The van der Waals surface area contributed by atoms with Crippen LogP contribution in [0.1, 0.15) is 85.5 Å². The molecule has 3 rings (SSSR count). The lowest BCUT2D eigenvalue weighted by Gasteiger charge is -2.22. The Morgan fingerprint density at radius 3 is 2.58 bits per heavy atom. The molecule has 1 heterocycles. The SMILES string of the molecule is CCCOC(=O)c1c(NC(=O)NC2CCCCC2)sc2c1CCCCC2. The van der Waals surface area contributed by atoms with Crippen LogP contribution in [0.4, 0.5) is 9.80 Å². The van der Waals surface area contributed by atoms with E-state index < -0.39 is 0 Å². The summed E-state index contributed by atoms with van der Waals surface area (Å²) in [5, 5.41) is 6.69. The molecule has 5 nitrogen and oxygen atoms in total. The molecule has 1 fully saturated rings. The van der Waals surface area contributed by atoms with E-state index in [9.17, 15) is 9.59 Å². The molecule has 0 spiro atoms. The summed E-state index contributed by atoms with van der Waals surface area (Å²) < 4.78 is 5.41. The summed E-state index contributed by atoms with van der Waals surface area (Å²) in [6.07, 6.45) is 11.8. The van der Waals surface area contributed by atoms with Crippen LogP contribution in [0.5, 0.6) is 0 Å². The summed E-state index contributed by atoms with van der Waals surface area (Å²) in [4.78, 5) is 26.4. The maximum Gasteiger partial charge on any atom is 0.341 e. The second-order valence-corrected chi connectivity index (χ2v) is 8.44. The number of anilines is 1. The van der Waals surface area contributed by atoms with Crippen molar-refractivity contribution in [1.82, 2.24) is 5.32 Å². The van der Waals surface area contributed by atoms with Crippen LogP contribution in [0.25, 0.3) is 0 Å². The van der Waals surface area contributed by atoms with Gasteiger partial charge >= 0.3 is 12.0 Å². The lowest BCUT2D eigenvalue weighted by molar-refractivity contribution is 0.0505. The van der Waals surface area contributed by atoms with Crippen molar-refractivity contribution in [3.8, 4) is 0 Å². The van der Waals surface area contributed by atoms with E-state index in [-0.39, 0.29) is 18.0 Å². The third kappa shape index (κ3) is 4.78. The topological polar surface area (TPSA) is 67.4 Å². The van der Waals surface area contributed by atoms with E-state index in [0.29, 0.717) is 17.2 Å². The number of ether oxygens (including phenoxy) is 1. The summed E-state index contributed by atoms with van der Waals surface area (Å²) in [5.41, 5.74) is 1.70. The molecule has 2 aliphatic rings. The third-order valence-corrected chi connectivity index (χ3v) is 6.44. The largest absolute Gasteiger partial charge is 0.462 e. The first-order valence-electron chi connectivity index (χ1n) is 10.1. The molecule has 0 saturated heterocycles. The molecule has 0 bridgehead atoms. The molecule has 1 aromatic rings. The Hall–Kier alpha value is -1.56. The van der Waals surface area contributed by atoms with Gasteiger partial charge in [-0.3, -0.25) is 5.32 Å². The molecule has 144 valence electrons. The van der Waals surface area contributed by atoms with Gasteiger partial charge in [0.25, 0.3) is 0 Å². The minimum Gasteiger partial charge on any atom is -0.462 e. The van der Waals surface area contributed by atoms with Crippen molar-refractivity contribution in [2.24, 2.45) is 0 Å². The van der Waals surface area contributed by atoms with Gasteiger partial charge in [-0.25, -0.2) is 9.59 Å². The first-order valence-corrected chi connectivity index (χ1v) is 10.9. The fourth-order valence-electron chi connectivity index (χ4n) is 3.89. The molecule has 0 radical (unpaired) electrons. The van der Waals surface area contributed by atoms with Gasteiger partial charge in [-0.15, -0.1) is 11.3 Å². The number of hydrogen-bond acceptors (Lipinski definition) is 4. The number of fused-ring (bicyclic) bond motifs is 1. The Labute approximate surface area is 159 Å². The Morgan fingerprint density at radius 1 is 1.08 bits per heavy atom. The van der Waals surface area contributed by atoms with Crippen LogP contribution in [0.2, 0.25) is 0 Å². The second-order valence-electron chi connectivity index (χ2n) is 7.34. The number of urea groups is 1. The van der Waals surface area contributed by atoms with Crippen molar-refractivity contribution in [2.45, 2.75) is 83.6 Å². The molecule has 0 aliphatic heterocycles. The highest BCUT2D eigenvalue weighted by atomic mass is 32.1. The molecule has 2 aliphatic carbocycles. The fraction of sp³-hybridized carbons (Fsp3) is 0.700. The van der Waals surface area contributed by atoms with E-state index in [1.807, 2.05) is 6.92 Å². The van der Waals surface area contributed by atoms with E-state index in [0.717, 1.165) is 50.5 Å². The number of thiophene rings is 1. The highest BCUT2D eigenvalue weighted by Gasteiger charge is 2.27. The van der Waals surface area contributed by atoms with Gasteiger partial charge in [0.1, 0.15) is 5.00 Å². The normalized spacial score (nSPS) is 17.9. The van der Waals surface area contributed by atoms with Crippen molar-refractivity contribution in [3.05, 3.63) is 16.0 Å². The van der Waals surface area contributed by atoms with Gasteiger partial charge in [0.2, 0.25) is 0 Å². The number of nitrogens with one attached hydrogen (secondary N) is 2. The first-order chi connectivity index (χ1) is 12.7. The highest BCUT2D eigenvalue weighted by molar-refractivity contribution is 7.17. The van der Waals surface area contributed by atoms with E-state index in [4.69, 9.17) is 4.74 Å². The van der Waals surface area contributed by atoms with E-state index in [1.165, 1.54) is 30.6 Å². The summed E-state index contributed by atoms with van der Waals surface area (Å²) in [7, 11) is 0. The predicted molar refractivity (Wildman–Crippen MR) is 105 cm³/mol. The summed E-state index contributed by atoms with van der Waals surface area (Å²) in [6.45, 7) is 2.40. The second kappa shape index (κ2) is 9.40. The quantitative estimate of drug-likeness (QED) is 0.557. The molecular weight excluding hydrogens is 348 g/mol. The van der Waals surface area contributed by atoms with Crippen LogP contribution < -0.4 is 10.6 Å². The lowest BCUT2D eigenvalue weighted by atomic mass is 9.96. The Bertz CT molecular complexity index is 635. The minimum atomic E-state index is -0.292. The number of esters is 1. The zero-order valence-corrected chi connectivity index (χ0v) is 16.5. The Balaban J connectivity index is 1.76. The zero-order valence-electron chi connectivity index (χ0n) is 15.7. The monoisotopic (exact) mass is 378 g/mol. The van der Waals surface area contributed by atoms with Crippen molar-refractivity contribution in [2.75, 3.05) is 11.9 Å². The first kappa shape index (κ1) is 19.2. The van der Waals surface area contributed by atoms with Gasteiger partial charge in [-0.2, -0.15) is 0 Å². The van der Waals surface area contributed by atoms with Gasteiger partial charge < -0.3 is 10.1 Å². The summed E-state index contributed by atoms with van der Waals surface area (Å²) in [5.74, 6) is -0.292. The Morgan fingerprint density at radius 2 is 1.81 bits per heavy atom. The van der Waals surface area contributed by atoms with Crippen LogP contribution in [0.15, 0.2) is 0 Å². The van der Waals surface area contributed by atoms with Crippen LogP contribution in [0.3, 0.4) is 0 Å². The maximum atomic E-state index is 12.7. The van der Waals surface area contributed by atoms with E-state index in [2.05, 4.69) is 10.6 Å². The molecule has 1 aromatic heterocycles. The van der Waals surface area contributed by atoms with Gasteiger partial charge in [0, 0.05) is 10.9 Å². The Kier molecular flexibility index (Phi) is 6.94. The van der Waals surface area contributed by atoms with Crippen molar-refractivity contribution >= 4 is 28.3 Å². The maximum absolute atomic E-state index is 12.7. The van der Waals surface area contributed by atoms with Crippen molar-refractivity contribution in [3.63, 3.8) is 0 Å². The molecule has 1 saturated carbocycles. The smallest absolute Gasteiger partial charge is 0.341 e. The van der Waals surface area contributed by atoms with Crippen LogP contribution in [-0.2, 0) is 17.6 Å². The van der Waals surface area contributed by atoms with Crippen LogP contribution >= 0.6 is 11.3 Å². The van der Waals surface area contributed by atoms with Crippen molar-refractivity contribution in [1.29, 1.82) is 0 Å². The van der Waals surface area contributed by atoms with Crippen LogP contribution in [0, 0.1) is 0 Å². The van der Waals surface area contributed by atoms with Gasteiger partial charge in [-0.05, 0) is 50.5 Å². The highest BCUT2D eigenvalue weighted by Crippen LogP contribution is 2.38. The third-order valence-electron chi connectivity index (χ3n) is 5.23. The zero-order chi connectivity index (χ0) is 18.4. The molecule has 6 heteroatoms. The average molecular weight is 379 g/mol. The summed E-state index contributed by atoms with van der Waals surface area (Å²) >= 11 is 1.55. The number of rotatable bonds is 5. The lowest BCUT2D eigenvalue weighted by Crippen LogP contribution is -2.39. The van der Waals surface area contributed by atoms with Crippen molar-refractivity contribution < 1.29 is 14.3 Å². The molecular formula is C20H30N2O3S. The van der Waals surface area contributed by atoms with Gasteiger partial charge in [-0.1, -0.05) is 32.6 Å². The number of carbonyl (C=O) groups excluding carboxylic acids is 2. The summed E-state index contributed by atoms with van der Waals surface area (Å²) in [6, 6.07) is 0.0508. The van der Waals surface area contributed by atoms with Gasteiger partial charge in [0.15, 0.2) is 0 Å². The molecule has 2 N–H and O–H groups in total. The molecule has 2 amide bonds. The van der Waals surface area contributed by atoms with Crippen LogP contribution in [-0.4, -0.2) is 24.6 Å². The van der Waals surface area contributed by atoms with E-state index in [1.54, 1.807) is 11.3 Å². The molecule has 26 heavy (non-hydrogen) atoms. The minimum absolute atomic E-state index is 0.196. The predicted octanol–water partition coefficient (Wildman–Crippen LogP) is 5.04. The fourth-order valence-corrected chi connectivity index (χ4v) is 5.16. The molecule has 0 unspecified atom stereocenters. The average Bonchev–Trinajstić information content (AvgIpc) is 2.81. The molecule has 0 atom stereocenters.